The van der Waals surface area contributed by atoms with E-state index in [1.54, 1.807) is 0 Å². The minimum absolute atomic E-state index is 0.0502. The fourth-order valence-corrected chi connectivity index (χ4v) is 1.79. The number of anilines is 1. The molecular formula is C16H18F2N2. The van der Waals surface area contributed by atoms with E-state index in [2.05, 4.69) is 31.1 Å². The van der Waals surface area contributed by atoms with Gasteiger partial charge in [0.1, 0.15) is 17.5 Å². The smallest absolute Gasteiger partial charge is 0.131 e. The molecule has 4 heteroatoms. The summed E-state index contributed by atoms with van der Waals surface area (Å²) in [5, 5.41) is 3.03. The molecule has 0 aliphatic heterocycles. The number of pyridine rings is 1. The van der Waals surface area contributed by atoms with Crippen LogP contribution in [0.5, 0.6) is 0 Å². The molecule has 0 aliphatic carbocycles. The minimum Gasteiger partial charge on any atom is -0.366 e. The lowest BCUT2D eigenvalue weighted by molar-refractivity contribution is 0.574. The normalized spacial score (nSPS) is 11.4. The van der Waals surface area contributed by atoms with Crippen molar-refractivity contribution >= 4 is 5.82 Å². The SMILES string of the molecule is CC(C)(C)c1ccc(NCc2ccc(F)cc2F)nc1. The number of nitrogens with one attached hydrogen (secondary N) is 1. The van der Waals surface area contributed by atoms with Gasteiger partial charge in [0.05, 0.1) is 0 Å². The molecule has 1 aromatic heterocycles. The minimum atomic E-state index is -0.570. The van der Waals surface area contributed by atoms with Gasteiger partial charge in [-0.05, 0) is 23.1 Å². The van der Waals surface area contributed by atoms with Gasteiger partial charge in [0.2, 0.25) is 0 Å². The maximum Gasteiger partial charge on any atom is 0.131 e. The third-order valence-corrected chi connectivity index (χ3v) is 3.10. The highest BCUT2D eigenvalue weighted by molar-refractivity contribution is 5.38. The number of halogens is 2. The van der Waals surface area contributed by atoms with Crippen LogP contribution in [0.15, 0.2) is 36.5 Å². The molecule has 0 radical (unpaired) electrons. The molecule has 0 unspecified atom stereocenters. The predicted octanol–water partition coefficient (Wildman–Crippen LogP) is 4.27. The molecule has 2 rings (SSSR count). The number of hydrogen-bond acceptors (Lipinski definition) is 2. The molecule has 2 nitrogen and oxygen atoms in total. The van der Waals surface area contributed by atoms with E-state index >= 15 is 0 Å². The summed E-state index contributed by atoms with van der Waals surface area (Å²) in [5.74, 6) is -0.454. The molecule has 0 spiro atoms. The van der Waals surface area contributed by atoms with Gasteiger partial charge in [-0.2, -0.15) is 0 Å². The summed E-state index contributed by atoms with van der Waals surface area (Å²) in [6.45, 7) is 6.62. The van der Waals surface area contributed by atoms with Gasteiger partial charge in [0.25, 0.3) is 0 Å². The van der Waals surface area contributed by atoms with Crippen molar-refractivity contribution < 1.29 is 8.78 Å². The second-order valence-corrected chi connectivity index (χ2v) is 5.77. The van der Waals surface area contributed by atoms with Crippen LogP contribution in [-0.4, -0.2) is 4.98 Å². The van der Waals surface area contributed by atoms with Crippen LogP contribution in [0.4, 0.5) is 14.6 Å². The first-order valence-electron chi connectivity index (χ1n) is 6.50. The standard InChI is InChI=1S/C16H18F2N2/c1-16(2,3)12-5-7-15(20-10-12)19-9-11-4-6-13(17)8-14(11)18/h4-8,10H,9H2,1-3H3,(H,19,20). The molecule has 0 fully saturated rings. The van der Waals surface area contributed by atoms with Gasteiger partial charge in [-0.25, -0.2) is 13.8 Å². The Bertz CT molecular complexity index is 586. The van der Waals surface area contributed by atoms with E-state index in [4.69, 9.17) is 0 Å². The van der Waals surface area contributed by atoms with Crippen molar-refractivity contribution in [3.8, 4) is 0 Å². The molecule has 0 atom stereocenters. The maximum atomic E-state index is 13.5. The molecule has 0 saturated heterocycles. The second kappa shape index (κ2) is 5.57. The van der Waals surface area contributed by atoms with Gasteiger partial charge in [0.15, 0.2) is 0 Å². The molecular weight excluding hydrogens is 258 g/mol. The molecule has 20 heavy (non-hydrogen) atoms. The summed E-state index contributed by atoms with van der Waals surface area (Å²) < 4.78 is 26.3. The van der Waals surface area contributed by atoms with Crippen LogP contribution >= 0.6 is 0 Å². The first-order chi connectivity index (χ1) is 9.36. The van der Waals surface area contributed by atoms with Crippen molar-refractivity contribution in [1.82, 2.24) is 4.98 Å². The first kappa shape index (κ1) is 14.4. The van der Waals surface area contributed by atoms with E-state index in [0.29, 0.717) is 11.4 Å². The lowest BCUT2D eigenvalue weighted by Crippen LogP contribution is -2.12. The van der Waals surface area contributed by atoms with E-state index in [1.807, 2.05) is 18.3 Å². The largest absolute Gasteiger partial charge is 0.366 e. The fourth-order valence-electron chi connectivity index (χ4n) is 1.79. The van der Waals surface area contributed by atoms with Crippen LogP contribution in [-0.2, 0) is 12.0 Å². The number of benzene rings is 1. The lowest BCUT2D eigenvalue weighted by Gasteiger charge is -2.18. The Morgan fingerprint density at radius 2 is 1.85 bits per heavy atom. The van der Waals surface area contributed by atoms with Gasteiger partial charge >= 0.3 is 0 Å². The van der Waals surface area contributed by atoms with Crippen molar-refractivity contribution in [3.05, 3.63) is 59.3 Å². The average Bonchev–Trinajstić information content (AvgIpc) is 2.37. The third-order valence-electron chi connectivity index (χ3n) is 3.10. The lowest BCUT2D eigenvalue weighted by atomic mass is 9.88. The van der Waals surface area contributed by atoms with Crippen molar-refractivity contribution in [1.29, 1.82) is 0 Å². The monoisotopic (exact) mass is 276 g/mol. The Morgan fingerprint density at radius 1 is 1.10 bits per heavy atom. The molecule has 0 saturated carbocycles. The molecule has 0 aliphatic rings. The summed E-state index contributed by atoms with van der Waals surface area (Å²) in [6.07, 6.45) is 1.81. The van der Waals surface area contributed by atoms with Gasteiger partial charge in [0, 0.05) is 24.4 Å². The number of aromatic nitrogens is 1. The van der Waals surface area contributed by atoms with Gasteiger partial charge in [-0.3, -0.25) is 0 Å². The Kier molecular flexibility index (Phi) is 4.02. The van der Waals surface area contributed by atoms with Crippen LogP contribution in [0, 0.1) is 11.6 Å². The average molecular weight is 276 g/mol. The zero-order valence-corrected chi connectivity index (χ0v) is 11.9. The van der Waals surface area contributed by atoms with Gasteiger partial charge < -0.3 is 5.32 Å². The maximum absolute atomic E-state index is 13.5. The number of rotatable bonds is 3. The van der Waals surface area contributed by atoms with Gasteiger partial charge in [-0.15, -0.1) is 0 Å². The zero-order chi connectivity index (χ0) is 14.8. The number of hydrogen-bond donors (Lipinski definition) is 1. The quantitative estimate of drug-likeness (QED) is 0.905. The molecule has 1 N–H and O–H groups in total. The van der Waals surface area contributed by atoms with Crippen molar-refractivity contribution in [2.45, 2.75) is 32.7 Å². The highest BCUT2D eigenvalue weighted by Gasteiger charge is 2.13. The number of nitrogens with zero attached hydrogens (tertiary/aromatic N) is 1. The Labute approximate surface area is 117 Å². The highest BCUT2D eigenvalue weighted by Crippen LogP contribution is 2.22. The third kappa shape index (κ3) is 3.53. The summed E-state index contributed by atoms with van der Waals surface area (Å²) in [6, 6.07) is 7.42. The van der Waals surface area contributed by atoms with Crippen LogP contribution in [0.25, 0.3) is 0 Å². The molecule has 0 bridgehead atoms. The predicted molar refractivity (Wildman–Crippen MR) is 76.6 cm³/mol. The Hall–Kier alpha value is -1.97. The first-order valence-corrected chi connectivity index (χ1v) is 6.50. The molecule has 106 valence electrons. The molecule has 1 heterocycles. The van der Waals surface area contributed by atoms with Crippen LogP contribution in [0.3, 0.4) is 0 Å². The summed E-state index contributed by atoms with van der Waals surface area (Å²) in [4.78, 5) is 4.30. The topological polar surface area (TPSA) is 24.9 Å². The van der Waals surface area contributed by atoms with E-state index in [1.165, 1.54) is 12.1 Å². The highest BCUT2D eigenvalue weighted by atomic mass is 19.1. The van der Waals surface area contributed by atoms with E-state index < -0.39 is 11.6 Å². The zero-order valence-electron chi connectivity index (χ0n) is 11.9. The Morgan fingerprint density at radius 3 is 2.40 bits per heavy atom. The van der Waals surface area contributed by atoms with Crippen molar-refractivity contribution in [3.63, 3.8) is 0 Å². The molecule has 0 amide bonds. The van der Waals surface area contributed by atoms with Crippen LogP contribution in [0.1, 0.15) is 31.9 Å². The summed E-state index contributed by atoms with van der Waals surface area (Å²) >= 11 is 0. The van der Waals surface area contributed by atoms with E-state index in [-0.39, 0.29) is 12.0 Å². The summed E-state index contributed by atoms with van der Waals surface area (Å²) in [7, 11) is 0. The second-order valence-electron chi connectivity index (χ2n) is 5.77. The van der Waals surface area contributed by atoms with E-state index in [9.17, 15) is 8.78 Å². The van der Waals surface area contributed by atoms with E-state index in [0.717, 1.165) is 11.6 Å². The fraction of sp³-hybridized carbons (Fsp3) is 0.312. The van der Waals surface area contributed by atoms with Gasteiger partial charge in [-0.1, -0.05) is 32.9 Å². The molecule has 2 aromatic rings. The van der Waals surface area contributed by atoms with Crippen molar-refractivity contribution in [2.75, 3.05) is 5.32 Å². The van der Waals surface area contributed by atoms with Crippen LogP contribution in [0.2, 0.25) is 0 Å². The van der Waals surface area contributed by atoms with Crippen molar-refractivity contribution in [2.24, 2.45) is 0 Å². The Balaban J connectivity index is 2.04. The van der Waals surface area contributed by atoms with Crippen LogP contribution < -0.4 is 5.32 Å². The summed E-state index contributed by atoms with van der Waals surface area (Å²) in [5.41, 5.74) is 1.60. The molecule has 1 aromatic carbocycles.